The zero-order valence-corrected chi connectivity index (χ0v) is 19.4. The van der Waals surface area contributed by atoms with Gasteiger partial charge in [0.2, 0.25) is 0 Å². The van der Waals surface area contributed by atoms with Crippen molar-refractivity contribution in [2.75, 3.05) is 36.5 Å². The van der Waals surface area contributed by atoms with Crippen LogP contribution in [-0.4, -0.2) is 56.8 Å². The fourth-order valence-electron chi connectivity index (χ4n) is 4.67. The molecule has 1 aliphatic carbocycles. The number of aromatic nitrogens is 4. The van der Waals surface area contributed by atoms with Crippen molar-refractivity contribution in [3.05, 3.63) is 48.5 Å². The minimum atomic E-state index is -0.644. The number of hydrogen-bond acceptors (Lipinski definition) is 8. The van der Waals surface area contributed by atoms with Gasteiger partial charge in [-0.1, -0.05) is 0 Å². The van der Waals surface area contributed by atoms with Gasteiger partial charge in [0.15, 0.2) is 5.75 Å². The fraction of sp³-hybridized carbons (Fsp3) is 0.480. The maximum Gasteiger partial charge on any atom is 0.168 e. The maximum atomic E-state index is 10.0. The minimum absolute atomic E-state index is 0.362. The van der Waals surface area contributed by atoms with Crippen molar-refractivity contribution in [3.63, 3.8) is 0 Å². The second-order valence-electron chi connectivity index (χ2n) is 9.84. The first-order valence-corrected chi connectivity index (χ1v) is 12.0. The first-order chi connectivity index (χ1) is 16.5. The van der Waals surface area contributed by atoms with Crippen LogP contribution in [0.1, 0.15) is 50.3 Å². The van der Waals surface area contributed by atoms with Crippen molar-refractivity contribution in [3.8, 4) is 11.5 Å². The topological polar surface area (TPSA) is 97.6 Å². The molecule has 0 atom stereocenters. The summed E-state index contributed by atoms with van der Waals surface area (Å²) in [6, 6.07) is 8.14. The molecule has 0 aromatic carbocycles. The molecule has 6 rings (SSSR count). The minimum Gasteiger partial charge on any atom is -0.454 e. The third kappa shape index (κ3) is 4.58. The number of β-amino-alcohol motifs (C(OH)–C–C–N with tert-alkyl or cyclic N) is 1. The molecule has 5 heterocycles. The molecule has 3 aromatic heterocycles. The lowest BCUT2D eigenvalue weighted by Gasteiger charge is -2.45. The Morgan fingerprint density at radius 2 is 1.88 bits per heavy atom. The highest BCUT2D eigenvalue weighted by Gasteiger charge is 2.37. The van der Waals surface area contributed by atoms with Crippen LogP contribution in [0, 0.1) is 0 Å². The summed E-state index contributed by atoms with van der Waals surface area (Å²) in [5.74, 6) is 3.42. The zero-order chi connectivity index (χ0) is 23.1. The molecule has 0 unspecified atom stereocenters. The molecule has 0 radical (unpaired) electrons. The van der Waals surface area contributed by atoms with Gasteiger partial charge in [0, 0.05) is 62.4 Å². The van der Waals surface area contributed by atoms with E-state index in [9.17, 15) is 5.11 Å². The Kier molecular flexibility index (Phi) is 5.38. The molecule has 9 nitrogen and oxygen atoms in total. The third-order valence-corrected chi connectivity index (χ3v) is 6.62. The van der Waals surface area contributed by atoms with Crippen LogP contribution < -0.4 is 15.0 Å². The number of ether oxygens (including phenoxy) is 2. The molecule has 2 saturated heterocycles. The molecule has 0 bridgehead atoms. The molecule has 0 spiro atoms. The lowest BCUT2D eigenvalue weighted by atomic mass is 9.96. The highest BCUT2D eigenvalue weighted by atomic mass is 16.5. The summed E-state index contributed by atoms with van der Waals surface area (Å²) in [6.07, 6.45) is 9.85. The van der Waals surface area contributed by atoms with E-state index in [-0.39, 0.29) is 0 Å². The van der Waals surface area contributed by atoms with Crippen LogP contribution in [0.25, 0.3) is 0 Å². The molecule has 3 fully saturated rings. The van der Waals surface area contributed by atoms with Gasteiger partial charge in [-0.25, -0.2) is 9.97 Å². The van der Waals surface area contributed by atoms with E-state index in [4.69, 9.17) is 14.6 Å². The molecular weight excluding hydrogens is 432 g/mol. The Hall–Kier alpha value is -3.17. The van der Waals surface area contributed by atoms with Gasteiger partial charge in [0.1, 0.15) is 23.1 Å². The Morgan fingerprint density at radius 1 is 1.09 bits per heavy atom. The normalized spacial score (nSPS) is 20.1. The van der Waals surface area contributed by atoms with Crippen molar-refractivity contribution in [2.45, 2.75) is 50.2 Å². The lowest BCUT2D eigenvalue weighted by molar-refractivity contribution is 0.0305. The predicted octanol–water partition coefficient (Wildman–Crippen LogP) is 4.01. The first kappa shape index (κ1) is 21.4. The molecular formula is C25H30N6O3. The molecule has 178 valence electrons. The van der Waals surface area contributed by atoms with E-state index in [1.54, 1.807) is 12.4 Å². The van der Waals surface area contributed by atoms with Crippen LogP contribution in [-0.2, 0) is 4.74 Å². The molecule has 2 N–H and O–H groups in total. The summed E-state index contributed by atoms with van der Waals surface area (Å²) >= 11 is 0. The summed E-state index contributed by atoms with van der Waals surface area (Å²) in [4.78, 5) is 10.9. The van der Waals surface area contributed by atoms with Gasteiger partial charge in [-0.05, 0) is 44.7 Å². The number of pyridine rings is 2. The Morgan fingerprint density at radius 3 is 2.65 bits per heavy atom. The van der Waals surface area contributed by atoms with Crippen LogP contribution in [0.2, 0.25) is 0 Å². The van der Waals surface area contributed by atoms with Crippen molar-refractivity contribution < 1.29 is 14.6 Å². The largest absolute Gasteiger partial charge is 0.454 e. The van der Waals surface area contributed by atoms with E-state index in [2.05, 4.69) is 20.0 Å². The first-order valence-electron chi connectivity index (χ1n) is 12.0. The Balaban J connectivity index is 1.19. The molecule has 34 heavy (non-hydrogen) atoms. The highest BCUT2D eigenvalue weighted by Crippen LogP contribution is 2.40. The summed E-state index contributed by atoms with van der Waals surface area (Å²) in [5, 5.41) is 18.3. The van der Waals surface area contributed by atoms with Crippen molar-refractivity contribution >= 4 is 17.3 Å². The van der Waals surface area contributed by atoms with Crippen LogP contribution in [0.3, 0.4) is 0 Å². The molecule has 3 aliphatic rings. The number of rotatable bonds is 7. The lowest BCUT2D eigenvalue weighted by Crippen LogP contribution is -2.60. The van der Waals surface area contributed by atoms with Crippen molar-refractivity contribution in [1.29, 1.82) is 0 Å². The van der Waals surface area contributed by atoms with Gasteiger partial charge in [-0.3, -0.25) is 4.68 Å². The maximum absolute atomic E-state index is 10.0. The predicted molar refractivity (Wildman–Crippen MR) is 128 cm³/mol. The van der Waals surface area contributed by atoms with Crippen LogP contribution in [0.5, 0.6) is 11.5 Å². The summed E-state index contributed by atoms with van der Waals surface area (Å²) in [5.41, 5.74) is 1.27. The average molecular weight is 463 g/mol. The fourth-order valence-corrected chi connectivity index (χ4v) is 4.67. The van der Waals surface area contributed by atoms with Crippen molar-refractivity contribution in [1.82, 2.24) is 19.7 Å². The van der Waals surface area contributed by atoms with Crippen LogP contribution in [0.4, 0.5) is 17.3 Å². The number of anilines is 3. The molecule has 2 aliphatic heterocycles. The third-order valence-electron chi connectivity index (χ3n) is 6.62. The van der Waals surface area contributed by atoms with Crippen LogP contribution in [0.15, 0.2) is 42.9 Å². The van der Waals surface area contributed by atoms with E-state index >= 15 is 0 Å². The Labute approximate surface area is 198 Å². The van der Waals surface area contributed by atoms with Gasteiger partial charge in [-0.2, -0.15) is 5.10 Å². The second-order valence-corrected chi connectivity index (χ2v) is 9.84. The zero-order valence-electron chi connectivity index (χ0n) is 19.4. The second kappa shape index (κ2) is 8.56. The summed E-state index contributed by atoms with van der Waals surface area (Å²) in [7, 11) is 0. The standard InChI is InChI=1S/C25H30N6O3/c1-25(32)15-30(16-25)23-12-18(4-8-27-23)28-22-13-20(5-9-26-22)34-21-14-31(19-2-3-19)29-24(21)17-6-10-33-11-7-17/h4-5,8-9,12-14,17,19,32H,2-3,6-7,10-11,15-16H2,1H3,(H,26,27,28). The number of nitrogens with one attached hydrogen (secondary N) is 1. The number of hydrogen-bond donors (Lipinski definition) is 2. The summed E-state index contributed by atoms with van der Waals surface area (Å²) in [6.45, 7) is 4.53. The van der Waals surface area contributed by atoms with Gasteiger partial charge >= 0.3 is 0 Å². The SMILES string of the molecule is CC1(O)CN(c2cc(Nc3cc(Oc4cn(C5CC5)nc4C4CCOCC4)ccn3)ccn2)C1. The van der Waals surface area contributed by atoms with E-state index in [1.807, 2.05) is 42.3 Å². The molecule has 3 aromatic rings. The van der Waals surface area contributed by atoms with Crippen LogP contribution >= 0.6 is 0 Å². The molecule has 1 saturated carbocycles. The molecule has 0 amide bonds. The Bertz CT molecular complexity index is 1160. The molecule has 9 heteroatoms. The van der Waals surface area contributed by atoms with E-state index < -0.39 is 5.60 Å². The van der Waals surface area contributed by atoms with Gasteiger partial charge in [0.25, 0.3) is 0 Å². The smallest absolute Gasteiger partial charge is 0.168 e. The van der Waals surface area contributed by atoms with E-state index in [1.165, 1.54) is 12.8 Å². The van der Waals surface area contributed by atoms with Crippen molar-refractivity contribution in [2.24, 2.45) is 0 Å². The summed E-state index contributed by atoms with van der Waals surface area (Å²) < 4.78 is 14.0. The quantitative estimate of drug-likeness (QED) is 0.544. The highest BCUT2D eigenvalue weighted by molar-refractivity contribution is 5.62. The van der Waals surface area contributed by atoms with Gasteiger partial charge < -0.3 is 24.8 Å². The van der Waals surface area contributed by atoms with E-state index in [0.29, 0.717) is 36.6 Å². The number of nitrogens with zero attached hydrogens (tertiary/aromatic N) is 5. The van der Waals surface area contributed by atoms with Gasteiger partial charge in [0.05, 0.1) is 17.8 Å². The van der Waals surface area contributed by atoms with E-state index in [0.717, 1.165) is 49.0 Å². The number of aliphatic hydroxyl groups is 1. The van der Waals surface area contributed by atoms with Gasteiger partial charge in [-0.15, -0.1) is 0 Å². The monoisotopic (exact) mass is 462 g/mol. The average Bonchev–Trinajstić information content (AvgIpc) is 3.59.